The first-order valence-electron chi connectivity index (χ1n) is 7.66. The molecule has 1 unspecified atom stereocenters. The number of aromatic amines is 3. The fourth-order valence-electron chi connectivity index (χ4n) is 2.17. The molecule has 3 heterocycles. The molecule has 24 heavy (non-hydrogen) atoms. The van der Waals surface area contributed by atoms with Crippen molar-refractivity contribution in [2.75, 3.05) is 33.2 Å². The Labute approximate surface area is 143 Å². The highest BCUT2D eigenvalue weighted by Gasteiger charge is 2.27. The van der Waals surface area contributed by atoms with Crippen LogP contribution in [0.5, 0.6) is 0 Å². The first-order valence-corrected chi connectivity index (χ1v) is 7.66. The Balaban J connectivity index is -0.000000359. The van der Waals surface area contributed by atoms with Crippen LogP contribution in [0.4, 0.5) is 5.95 Å². The summed E-state index contributed by atoms with van der Waals surface area (Å²) in [6, 6.07) is 0. The summed E-state index contributed by atoms with van der Waals surface area (Å²) >= 11 is 0. The lowest BCUT2D eigenvalue weighted by Gasteiger charge is -2.15. The zero-order valence-corrected chi connectivity index (χ0v) is 14.3. The van der Waals surface area contributed by atoms with E-state index in [0.29, 0.717) is 6.61 Å². The van der Waals surface area contributed by atoms with E-state index in [-0.39, 0.29) is 33.6 Å². The predicted molar refractivity (Wildman–Crippen MR) is 96.5 cm³/mol. The predicted octanol–water partition coefficient (Wildman–Crippen LogP) is 0.723. The standard InChI is InChI=1S/C7H14O3.C5H5N5O2.C2H6.3H2/c1-8-5-7-6(9-2)3-4-10-7;6-4-8-2-1(3(11)10-4)7-5(12)9-2;1-2;;;/h6-7H,3-5H2,1-2H3;(H5,6,7,8,9,10,11,12);1-2H3;3*1H/t6?,7-;;;;;/m1...../s1. The molecule has 0 radical (unpaired) electrons. The second kappa shape index (κ2) is 9.85. The number of hydrogen-bond donors (Lipinski definition) is 4. The van der Waals surface area contributed by atoms with Gasteiger partial charge in [-0.15, -0.1) is 0 Å². The van der Waals surface area contributed by atoms with Crippen LogP contribution in [0.25, 0.3) is 11.2 Å². The van der Waals surface area contributed by atoms with E-state index in [4.69, 9.17) is 19.9 Å². The van der Waals surface area contributed by atoms with Gasteiger partial charge in [0.2, 0.25) is 5.95 Å². The summed E-state index contributed by atoms with van der Waals surface area (Å²) in [4.78, 5) is 32.3. The molecule has 1 aliphatic rings. The van der Waals surface area contributed by atoms with Crippen molar-refractivity contribution in [3.8, 4) is 0 Å². The number of nitrogens with zero attached hydrogens (tertiary/aromatic N) is 1. The van der Waals surface area contributed by atoms with Gasteiger partial charge in [-0.3, -0.25) is 19.7 Å². The second-order valence-corrected chi connectivity index (χ2v) is 4.68. The molecule has 10 heteroatoms. The molecular weight excluding hydrogens is 318 g/mol. The summed E-state index contributed by atoms with van der Waals surface area (Å²) in [6.07, 6.45) is 1.37. The van der Waals surface area contributed by atoms with Gasteiger partial charge in [0.05, 0.1) is 12.7 Å². The molecule has 2 atom stereocenters. The monoisotopic (exact) mass is 349 g/mol. The van der Waals surface area contributed by atoms with E-state index in [1.807, 2.05) is 13.8 Å². The van der Waals surface area contributed by atoms with Gasteiger partial charge in [0.25, 0.3) is 5.56 Å². The highest BCUT2D eigenvalue weighted by Crippen LogP contribution is 2.15. The smallest absolute Gasteiger partial charge is 0.325 e. The van der Waals surface area contributed by atoms with Crippen LogP contribution in [-0.4, -0.2) is 59.6 Å². The van der Waals surface area contributed by atoms with E-state index in [1.165, 1.54) is 0 Å². The number of ether oxygens (including phenoxy) is 3. The third-order valence-electron chi connectivity index (χ3n) is 3.19. The van der Waals surface area contributed by atoms with Crippen molar-refractivity contribution in [3.05, 3.63) is 20.8 Å². The van der Waals surface area contributed by atoms with Gasteiger partial charge in [-0.25, -0.2) is 4.79 Å². The average Bonchev–Trinajstić information content (AvgIpc) is 3.16. The Morgan fingerprint density at radius 1 is 1.29 bits per heavy atom. The summed E-state index contributed by atoms with van der Waals surface area (Å²) in [5.74, 6) is -0.0252. The maximum Gasteiger partial charge on any atom is 0.325 e. The summed E-state index contributed by atoms with van der Waals surface area (Å²) in [5.41, 5.74) is 4.56. The lowest BCUT2D eigenvalue weighted by molar-refractivity contribution is -0.0259. The quantitative estimate of drug-likeness (QED) is 0.638. The van der Waals surface area contributed by atoms with Crippen molar-refractivity contribution in [1.82, 2.24) is 19.9 Å². The summed E-state index contributed by atoms with van der Waals surface area (Å²) < 4.78 is 15.5. The van der Waals surface area contributed by atoms with Gasteiger partial charge < -0.3 is 19.9 Å². The summed E-state index contributed by atoms with van der Waals surface area (Å²) in [6.45, 7) is 5.44. The van der Waals surface area contributed by atoms with Crippen LogP contribution < -0.4 is 17.0 Å². The van der Waals surface area contributed by atoms with Gasteiger partial charge >= 0.3 is 5.69 Å². The van der Waals surface area contributed by atoms with E-state index < -0.39 is 11.2 Å². The maximum absolute atomic E-state index is 11.0. The van der Waals surface area contributed by atoms with Gasteiger partial charge in [-0.05, 0) is 6.42 Å². The number of rotatable bonds is 3. The fourth-order valence-corrected chi connectivity index (χ4v) is 2.17. The third kappa shape index (κ3) is 5.18. The number of hydrogen-bond acceptors (Lipinski definition) is 7. The molecule has 1 fully saturated rings. The molecular formula is C14H31N5O5. The Morgan fingerprint density at radius 3 is 2.62 bits per heavy atom. The molecule has 0 saturated carbocycles. The van der Waals surface area contributed by atoms with Crippen LogP contribution >= 0.6 is 0 Å². The van der Waals surface area contributed by atoms with Crippen LogP contribution in [0.3, 0.4) is 0 Å². The minimum Gasteiger partial charge on any atom is -0.382 e. The van der Waals surface area contributed by atoms with Gasteiger partial charge in [0, 0.05) is 25.1 Å². The number of nitrogens with one attached hydrogen (secondary N) is 3. The summed E-state index contributed by atoms with van der Waals surface area (Å²) in [7, 11) is 3.39. The van der Waals surface area contributed by atoms with Crippen molar-refractivity contribution >= 4 is 17.1 Å². The topological polar surface area (TPSA) is 148 Å². The Morgan fingerprint density at radius 2 is 2.00 bits per heavy atom. The lowest BCUT2D eigenvalue weighted by atomic mass is 10.2. The van der Waals surface area contributed by atoms with Gasteiger partial charge in [0.1, 0.15) is 6.10 Å². The highest BCUT2D eigenvalue weighted by atomic mass is 16.6. The van der Waals surface area contributed by atoms with Crippen LogP contribution in [-0.2, 0) is 14.2 Å². The molecule has 10 nitrogen and oxygen atoms in total. The van der Waals surface area contributed by atoms with E-state index in [2.05, 4.69) is 19.9 Å². The first kappa shape index (κ1) is 19.9. The minimum absolute atomic E-state index is 0. The molecule has 2 aromatic rings. The molecule has 0 aliphatic carbocycles. The van der Waals surface area contributed by atoms with Gasteiger partial charge in [-0.2, -0.15) is 4.98 Å². The number of H-pyrrole nitrogens is 3. The molecule has 0 amide bonds. The molecule has 0 bridgehead atoms. The molecule has 3 rings (SSSR count). The maximum atomic E-state index is 11.0. The van der Waals surface area contributed by atoms with Crippen molar-refractivity contribution in [3.63, 3.8) is 0 Å². The normalized spacial score (nSPS) is 19.3. The Bertz CT molecular complexity index is 736. The van der Waals surface area contributed by atoms with E-state index in [0.717, 1.165) is 13.0 Å². The second-order valence-electron chi connectivity index (χ2n) is 4.68. The average molecular weight is 349 g/mol. The van der Waals surface area contributed by atoms with Crippen molar-refractivity contribution in [2.24, 2.45) is 0 Å². The van der Waals surface area contributed by atoms with Crippen molar-refractivity contribution < 1.29 is 18.5 Å². The number of imidazole rings is 1. The van der Waals surface area contributed by atoms with Gasteiger partial charge in [-0.1, -0.05) is 13.8 Å². The summed E-state index contributed by atoms with van der Waals surface area (Å²) in [5, 5.41) is 0. The minimum atomic E-state index is -0.478. The van der Waals surface area contributed by atoms with Crippen molar-refractivity contribution in [2.45, 2.75) is 32.5 Å². The lowest BCUT2D eigenvalue weighted by Crippen LogP contribution is -2.27. The largest absolute Gasteiger partial charge is 0.382 e. The van der Waals surface area contributed by atoms with Crippen molar-refractivity contribution in [1.29, 1.82) is 0 Å². The fraction of sp³-hybridized carbons (Fsp3) is 0.643. The number of aromatic nitrogens is 4. The molecule has 0 aromatic carbocycles. The molecule has 2 aromatic heterocycles. The first-order chi connectivity index (χ1) is 11.5. The zero-order chi connectivity index (χ0) is 18.1. The zero-order valence-electron chi connectivity index (χ0n) is 14.3. The van der Waals surface area contributed by atoms with Crippen LogP contribution in [0.2, 0.25) is 0 Å². The molecule has 1 saturated heterocycles. The van der Waals surface area contributed by atoms with Gasteiger partial charge in [0.15, 0.2) is 11.2 Å². The third-order valence-corrected chi connectivity index (χ3v) is 3.19. The number of nitrogens with two attached hydrogens (primary N) is 1. The van der Waals surface area contributed by atoms with Crippen LogP contribution in [0.15, 0.2) is 9.59 Å². The highest BCUT2D eigenvalue weighted by molar-refractivity contribution is 5.69. The van der Waals surface area contributed by atoms with E-state index in [1.54, 1.807) is 14.2 Å². The van der Waals surface area contributed by atoms with Crippen LogP contribution in [0.1, 0.15) is 24.5 Å². The van der Waals surface area contributed by atoms with E-state index >= 15 is 0 Å². The molecule has 0 spiro atoms. The number of fused-ring (bicyclic) bond motifs is 1. The van der Waals surface area contributed by atoms with Crippen LogP contribution in [0, 0.1) is 0 Å². The number of methoxy groups -OCH3 is 2. The number of nitrogen functional groups attached to an aromatic ring is 1. The Kier molecular flexibility index (Phi) is 8.16. The SMILES string of the molecule is CC.COC[C@H]1OCCC1OC.Nc1nc2[nH]c(=O)[nH]c2c(=O)[nH]1.[HH].[HH].[HH]. The number of anilines is 1. The van der Waals surface area contributed by atoms with E-state index in [9.17, 15) is 9.59 Å². The Hall–Kier alpha value is -2.17. The molecule has 1 aliphatic heterocycles. The molecule has 5 N–H and O–H groups in total. The molecule has 142 valence electrons.